The van der Waals surface area contributed by atoms with Crippen LogP contribution in [0.15, 0.2) is 84.9 Å². The maximum Gasteiger partial charge on any atom is 0.326 e. The standard InChI is InChI=1S/C50H62N8O11/c1-5-6-9-29-11-14-31(15-12-29)32-16-18-33(19-17-32)48(66)57(3)39(27-59)45(63)56-43(52)47(65)54-37(10-7-8-23-51)49(67)58(4)42-34-20-22-41(61)36(26-34)35-24-30(13-21-40(35)60)25-38(50(68)69)55-44(62)28(2)53-46(42)64/h11-22,24,26,28,37-39,42-43,59-61H,5-10,23,25,27,51-52H2,1-4H3,(H,53,64)(H,54,65)(H,55,62)(H,56,63)(H,68,69)/t28-,37-,38-,39+,42-,43-/m0/s1. The highest BCUT2D eigenvalue weighted by molar-refractivity contribution is 6.00. The predicted molar refractivity (Wildman–Crippen MR) is 256 cm³/mol. The summed E-state index contributed by atoms with van der Waals surface area (Å²) in [7, 11) is 2.59. The minimum atomic E-state index is -1.80. The fraction of sp³-hybridized carbons (Fsp3) is 0.380. The van der Waals surface area contributed by atoms with Gasteiger partial charge in [0.05, 0.1) is 6.61 Å². The molecule has 4 aromatic rings. The van der Waals surface area contributed by atoms with Crippen LogP contribution in [0.25, 0.3) is 22.3 Å². The van der Waals surface area contributed by atoms with E-state index >= 15 is 0 Å². The van der Waals surface area contributed by atoms with Crippen LogP contribution in [0.4, 0.5) is 0 Å². The largest absolute Gasteiger partial charge is 0.507 e. The van der Waals surface area contributed by atoms with Gasteiger partial charge in [-0.25, -0.2) is 4.79 Å². The third-order valence-electron chi connectivity index (χ3n) is 12.1. The molecule has 0 radical (unpaired) electrons. The molecule has 0 saturated carbocycles. The topological polar surface area (TPSA) is 307 Å². The molecule has 0 saturated heterocycles. The highest BCUT2D eigenvalue weighted by atomic mass is 16.4. The number of phenolic OH excluding ortho intramolecular Hbond substituents is 2. The zero-order valence-corrected chi connectivity index (χ0v) is 39.1. The van der Waals surface area contributed by atoms with Crippen LogP contribution in [0.1, 0.15) is 79.0 Å². The van der Waals surface area contributed by atoms with Gasteiger partial charge >= 0.3 is 5.97 Å². The van der Waals surface area contributed by atoms with Gasteiger partial charge < -0.3 is 63.0 Å². The van der Waals surface area contributed by atoms with Gasteiger partial charge in [0.25, 0.3) is 11.8 Å². The maximum absolute atomic E-state index is 14.5. The molecule has 69 heavy (non-hydrogen) atoms. The molecule has 1 aliphatic heterocycles. The second-order valence-corrected chi connectivity index (χ2v) is 17.1. The number of carboxylic acids is 1. The third-order valence-corrected chi connectivity index (χ3v) is 12.1. The van der Waals surface area contributed by atoms with Crippen molar-refractivity contribution in [1.82, 2.24) is 31.1 Å². The van der Waals surface area contributed by atoms with Crippen molar-refractivity contribution in [2.45, 2.75) is 95.2 Å². The summed E-state index contributed by atoms with van der Waals surface area (Å²) in [4.78, 5) is 97.0. The number of rotatable bonds is 18. The Morgan fingerprint density at radius 1 is 0.797 bits per heavy atom. The number of aromatic hydroxyl groups is 2. The van der Waals surface area contributed by atoms with E-state index in [2.05, 4.69) is 40.3 Å². The SMILES string of the molecule is CCCCc1ccc(-c2ccc(C(=O)N(C)[C@H](CO)C(=O)N[C@H](N)C(=O)N[C@@H](CCCCN)C(=O)N(C)[C@@H]3C(=O)N[C@@H](C)C(=O)N[C@H](C(=O)O)Cc4ccc(O)c(c4)-c4cc3ccc4O)cc2)cc1. The lowest BCUT2D eigenvalue weighted by Gasteiger charge is -2.33. The molecule has 4 bridgehead atoms. The molecule has 19 nitrogen and oxygen atoms in total. The summed E-state index contributed by atoms with van der Waals surface area (Å²) in [5, 5.41) is 51.9. The van der Waals surface area contributed by atoms with E-state index in [-0.39, 0.29) is 53.1 Å². The van der Waals surface area contributed by atoms with Crippen LogP contribution in [0.5, 0.6) is 11.5 Å². The first-order valence-electron chi connectivity index (χ1n) is 22.8. The van der Waals surface area contributed by atoms with E-state index in [0.717, 1.165) is 40.2 Å². The Kier molecular flexibility index (Phi) is 18.4. The number of likely N-dealkylation sites (N-methyl/N-ethyl adjacent to an activating group) is 2. The van der Waals surface area contributed by atoms with Crippen LogP contribution in [-0.4, -0.2) is 129 Å². The number of nitrogens with zero attached hydrogens (tertiary/aromatic N) is 2. The number of unbranched alkanes of at least 4 members (excludes halogenated alkanes) is 2. The Labute approximate surface area is 400 Å². The second-order valence-electron chi connectivity index (χ2n) is 17.1. The number of hydrogen-bond donors (Lipinski definition) is 10. The number of nitrogens with one attached hydrogen (secondary N) is 4. The van der Waals surface area contributed by atoms with Crippen molar-refractivity contribution in [3.63, 3.8) is 0 Å². The Balaban J connectivity index is 1.35. The molecule has 0 fully saturated rings. The molecule has 0 aromatic heterocycles. The van der Waals surface area contributed by atoms with E-state index in [9.17, 15) is 54.0 Å². The Bertz CT molecular complexity index is 2500. The van der Waals surface area contributed by atoms with Crippen molar-refractivity contribution in [2.75, 3.05) is 27.2 Å². The van der Waals surface area contributed by atoms with Crippen molar-refractivity contribution in [3.8, 4) is 33.8 Å². The summed E-state index contributed by atoms with van der Waals surface area (Å²) in [6.07, 6.45) is 1.90. The number of hydrogen-bond acceptors (Lipinski definition) is 12. The summed E-state index contributed by atoms with van der Waals surface area (Å²) in [6, 6.07) is 15.9. The highest BCUT2D eigenvalue weighted by Gasteiger charge is 2.37. The number of aliphatic carboxylic acids is 1. The van der Waals surface area contributed by atoms with Gasteiger partial charge in [0.1, 0.15) is 41.7 Å². The summed E-state index contributed by atoms with van der Waals surface area (Å²) in [5.41, 5.74) is 15.8. The monoisotopic (exact) mass is 950 g/mol. The zero-order valence-electron chi connectivity index (χ0n) is 39.1. The molecule has 19 heteroatoms. The second kappa shape index (κ2) is 24.1. The summed E-state index contributed by atoms with van der Waals surface area (Å²) in [5.74, 6) is -7.15. The Morgan fingerprint density at radius 2 is 1.42 bits per heavy atom. The van der Waals surface area contributed by atoms with E-state index in [1.165, 1.54) is 63.0 Å². The van der Waals surface area contributed by atoms with Crippen molar-refractivity contribution in [1.29, 1.82) is 0 Å². The molecule has 1 aliphatic rings. The predicted octanol–water partition coefficient (Wildman–Crippen LogP) is 2.05. The minimum absolute atomic E-state index is 0.0163. The van der Waals surface area contributed by atoms with Crippen LogP contribution in [0, 0.1) is 0 Å². The molecule has 6 atom stereocenters. The van der Waals surface area contributed by atoms with E-state index in [1.54, 1.807) is 24.3 Å². The Morgan fingerprint density at radius 3 is 2.03 bits per heavy atom. The average Bonchev–Trinajstić information content (AvgIpc) is 3.33. The summed E-state index contributed by atoms with van der Waals surface area (Å²) < 4.78 is 0. The third kappa shape index (κ3) is 13.2. The van der Waals surface area contributed by atoms with Crippen molar-refractivity contribution in [2.24, 2.45) is 11.5 Å². The van der Waals surface area contributed by atoms with Gasteiger partial charge in [0, 0.05) is 37.2 Å². The van der Waals surface area contributed by atoms with Gasteiger partial charge in [-0.05, 0) is 110 Å². The van der Waals surface area contributed by atoms with E-state index in [0.29, 0.717) is 18.4 Å². The summed E-state index contributed by atoms with van der Waals surface area (Å²) in [6.45, 7) is 2.87. The summed E-state index contributed by atoms with van der Waals surface area (Å²) >= 11 is 0. The fourth-order valence-electron chi connectivity index (χ4n) is 7.98. The maximum atomic E-state index is 14.5. The molecule has 368 valence electrons. The Hall–Kier alpha value is -7.35. The van der Waals surface area contributed by atoms with Crippen LogP contribution < -0.4 is 32.7 Å². The molecule has 0 unspecified atom stereocenters. The molecule has 6 amide bonds. The smallest absolute Gasteiger partial charge is 0.326 e. The van der Waals surface area contributed by atoms with Crippen molar-refractivity contribution >= 4 is 41.4 Å². The number of carbonyl (C=O) groups excluding carboxylic acids is 6. The zero-order chi connectivity index (χ0) is 50.5. The van der Waals surface area contributed by atoms with Crippen LogP contribution in [0.3, 0.4) is 0 Å². The molecule has 0 spiro atoms. The average molecular weight is 951 g/mol. The van der Waals surface area contributed by atoms with Gasteiger partial charge in [-0.15, -0.1) is 0 Å². The number of aliphatic hydroxyl groups is 1. The van der Waals surface area contributed by atoms with Gasteiger partial charge in [0.2, 0.25) is 23.6 Å². The van der Waals surface area contributed by atoms with Gasteiger partial charge in [-0.3, -0.25) is 28.8 Å². The first-order chi connectivity index (χ1) is 32.9. The van der Waals surface area contributed by atoms with Crippen LogP contribution in [0.2, 0.25) is 0 Å². The molecular formula is C50H62N8O11. The number of aliphatic hydroxyl groups excluding tert-OH is 1. The number of carboxylic acid groups (broad SMARTS) is 1. The number of aryl methyl sites for hydroxylation is 1. The van der Waals surface area contributed by atoms with Crippen LogP contribution in [-0.2, 0) is 41.6 Å². The van der Waals surface area contributed by atoms with Gasteiger partial charge in [0.15, 0.2) is 6.17 Å². The van der Waals surface area contributed by atoms with Crippen LogP contribution >= 0.6 is 0 Å². The number of nitrogens with two attached hydrogens (primary N) is 2. The number of phenols is 2. The van der Waals surface area contributed by atoms with Crippen molar-refractivity contribution in [3.05, 3.63) is 107 Å². The molecule has 5 rings (SSSR count). The molecule has 0 aliphatic carbocycles. The molecule has 1 heterocycles. The molecular weight excluding hydrogens is 889 g/mol. The van der Waals surface area contributed by atoms with Crippen molar-refractivity contribution < 1.29 is 54.0 Å². The van der Waals surface area contributed by atoms with E-state index in [4.69, 9.17) is 11.5 Å². The molecule has 12 N–H and O–H groups in total. The van der Waals surface area contributed by atoms with E-state index < -0.39 is 84.4 Å². The first-order valence-corrected chi connectivity index (χ1v) is 22.8. The lowest BCUT2D eigenvalue weighted by Crippen LogP contribution is -2.61. The lowest BCUT2D eigenvalue weighted by atomic mass is 9.93. The quantitative estimate of drug-likeness (QED) is 0.0505. The van der Waals surface area contributed by atoms with E-state index in [1.807, 2.05) is 12.1 Å². The number of benzene rings is 4. The first kappa shape index (κ1) is 52.6. The van der Waals surface area contributed by atoms with Gasteiger partial charge in [-0.2, -0.15) is 0 Å². The fourth-order valence-corrected chi connectivity index (χ4v) is 7.98. The lowest BCUT2D eigenvalue weighted by molar-refractivity contribution is -0.144. The molecule has 4 aromatic carbocycles. The number of carbonyl (C=O) groups is 7. The van der Waals surface area contributed by atoms with Gasteiger partial charge in [-0.1, -0.05) is 61.9 Å². The normalized spacial score (nSPS) is 17.2. The minimum Gasteiger partial charge on any atom is -0.507 e. The number of amides is 6. The highest BCUT2D eigenvalue weighted by Crippen LogP contribution is 2.39. The number of fused-ring (bicyclic) bond motifs is 5.